The van der Waals surface area contributed by atoms with Gasteiger partial charge in [0.15, 0.2) is 11.4 Å². The van der Waals surface area contributed by atoms with Gasteiger partial charge in [0.2, 0.25) is 5.89 Å². The molecule has 0 saturated heterocycles. The topological polar surface area (TPSA) is 70.9 Å². The van der Waals surface area contributed by atoms with Gasteiger partial charge in [-0.15, -0.1) is 0 Å². The van der Waals surface area contributed by atoms with E-state index in [0.717, 1.165) is 17.7 Å². The molecule has 0 aliphatic carbocycles. The summed E-state index contributed by atoms with van der Waals surface area (Å²) in [6.07, 6.45) is 0.825. The predicted molar refractivity (Wildman–Crippen MR) is 82.5 cm³/mol. The van der Waals surface area contributed by atoms with Crippen molar-refractivity contribution < 1.29 is 8.81 Å². The molecule has 0 aliphatic rings. The van der Waals surface area contributed by atoms with E-state index in [1.165, 1.54) is 6.07 Å². The summed E-state index contributed by atoms with van der Waals surface area (Å²) in [7, 11) is 0. The van der Waals surface area contributed by atoms with E-state index in [1.54, 1.807) is 12.1 Å². The Morgan fingerprint density at radius 3 is 2.95 bits per heavy atom. The smallest absolute Gasteiger partial charge is 0.271 e. The van der Waals surface area contributed by atoms with E-state index in [4.69, 9.17) is 4.42 Å². The Morgan fingerprint density at radius 1 is 1.41 bits per heavy atom. The molecule has 2 heterocycles. The summed E-state index contributed by atoms with van der Waals surface area (Å²) in [6, 6.07) is 6.40. The highest BCUT2D eigenvalue weighted by atomic mass is 19.1. The molecule has 3 rings (SSSR count). The number of nitrogens with zero attached hydrogens (tertiary/aromatic N) is 1. The fraction of sp³-hybridized carbons (Fsp3) is 0.250. The van der Waals surface area contributed by atoms with Crippen LogP contribution in [0.25, 0.3) is 11.1 Å². The molecule has 2 N–H and O–H groups in total. The third-order valence-corrected chi connectivity index (χ3v) is 3.57. The maximum absolute atomic E-state index is 13.6. The number of aromatic nitrogens is 2. The molecule has 0 aliphatic heterocycles. The Bertz CT molecular complexity index is 883. The van der Waals surface area contributed by atoms with E-state index in [-0.39, 0.29) is 17.7 Å². The number of aromatic amines is 1. The highest BCUT2D eigenvalue weighted by Crippen LogP contribution is 2.19. The fourth-order valence-corrected chi connectivity index (χ4v) is 2.37. The van der Waals surface area contributed by atoms with Gasteiger partial charge >= 0.3 is 0 Å². The zero-order valence-corrected chi connectivity index (χ0v) is 12.4. The molecule has 114 valence electrons. The number of pyridine rings is 1. The van der Waals surface area contributed by atoms with Gasteiger partial charge in [-0.3, -0.25) is 4.79 Å². The lowest BCUT2D eigenvalue weighted by Crippen LogP contribution is -2.16. The van der Waals surface area contributed by atoms with E-state index >= 15 is 0 Å². The largest absolute Gasteiger partial charge is 0.436 e. The van der Waals surface area contributed by atoms with Crippen LogP contribution in [0, 0.1) is 12.7 Å². The number of benzene rings is 1. The molecule has 0 radical (unpaired) electrons. The van der Waals surface area contributed by atoms with Gasteiger partial charge in [0.1, 0.15) is 11.2 Å². The quantitative estimate of drug-likeness (QED) is 0.776. The monoisotopic (exact) mass is 301 g/mol. The zero-order valence-electron chi connectivity index (χ0n) is 12.4. The summed E-state index contributed by atoms with van der Waals surface area (Å²) in [6.45, 7) is 4.10. The van der Waals surface area contributed by atoms with Crippen LogP contribution in [0.5, 0.6) is 0 Å². The van der Waals surface area contributed by atoms with Crippen molar-refractivity contribution in [2.75, 3.05) is 5.32 Å². The first-order chi connectivity index (χ1) is 10.6. The highest BCUT2D eigenvalue weighted by Gasteiger charge is 2.10. The van der Waals surface area contributed by atoms with Gasteiger partial charge in [-0.05, 0) is 37.1 Å². The second-order valence-electron chi connectivity index (χ2n) is 5.07. The van der Waals surface area contributed by atoms with Crippen LogP contribution in [0.3, 0.4) is 0 Å². The molecule has 2 aromatic heterocycles. The molecule has 0 bridgehead atoms. The summed E-state index contributed by atoms with van der Waals surface area (Å²) in [5, 5.41) is 2.99. The second kappa shape index (κ2) is 5.63. The Labute approximate surface area is 126 Å². The van der Waals surface area contributed by atoms with E-state index in [9.17, 15) is 9.18 Å². The summed E-state index contributed by atoms with van der Waals surface area (Å²) < 4.78 is 18.9. The van der Waals surface area contributed by atoms with Crippen LogP contribution in [0.1, 0.15) is 24.1 Å². The average molecular weight is 301 g/mol. The number of para-hydroxylation sites is 1. The van der Waals surface area contributed by atoms with Gasteiger partial charge in [0, 0.05) is 5.69 Å². The number of anilines is 1. The van der Waals surface area contributed by atoms with Crippen molar-refractivity contribution in [3.05, 3.63) is 57.6 Å². The summed E-state index contributed by atoms with van der Waals surface area (Å²) in [5.41, 5.74) is 2.77. The average Bonchev–Trinajstić information content (AvgIpc) is 2.91. The standard InChI is InChI=1S/C16H16FN3O2/c1-3-10-7-13(16(21)19-9(10)2)18-8-14-20-12-6-4-5-11(17)15(12)22-14/h4-7,18H,3,8H2,1-2H3,(H,19,21). The molecule has 22 heavy (non-hydrogen) atoms. The lowest BCUT2D eigenvalue weighted by molar-refractivity contribution is 0.513. The number of halogens is 1. The molecule has 5 nitrogen and oxygen atoms in total. The Balaban J connectivity index is 1.85. The number of nitrogens with one attached hydrogen (secondary N) is 2. The highest BCUT2D eigenvalue weighted by molar-refractivity contribution is 5.73. The lowest BCUT2D eigenvalue weighted by Gasteiger charge is -2.07. The molecule has 0 unspecified atom stereocenters. The van der Waals surface area contributed by atoms with Crippen molar-refractivity contribution >= 4 is 16.8 Å². The van der Waals surface area contributed by atoms with Crippen LogP contribution in [0.2, 0.25) is 0 Å². The third-order valence-electron chi connectivity index (χ3n) is 3.57. The first-order valence-corrected chi connectivity index (χ1v) is 7.09. The molecule has 0 spiro atoms. The zero-order chi connectivity index (χ0) is 15.7. The van der Waals surface area contributed by atoms with Gasteiger partial charge in [-0.1, -0.05) is 13.0 Å². The van der Waals surface area contributed by atoms with Crippen molar-refractivity contribution in [3.8, 4) is 0 Å². The number of H-pyrrole nitrogens is 1. The van der Waals surface area contributed by atoms with Crippen molar-refractivity contribution in [1.29, 1.82) is 0 Å². The van der Waals surface area contributed by atoms with E-state index in [2.05, 4.69) is 15.3 Å². The summed E-state index contributed by atoms with van der Waals surface area (Å²) >= 11 is 0. The fourth-order valence-electron chi connectivity index (χ4n) is 2.37. The first-order valence-electron chi connectivity index (χ1n) is 7.09. The van der Waals surface area contributed by atoms with Gasteiger partial charge < -0.3 is 14.7 Å². The molecule has 0 amide bonds. The Hall–Kier alpha value is -2.63. The number of rotatable bonds is 4. The minimum atomic E-state index is -0.447. The molecule has 0 saturated carbocycles. The normalized spacial score (nSPS) is 11.0. The van der Waals surface area contributed by atoms with Crippen molar-refractivity contribution in [2.24, 2.45) is 0 Å². The number of hydrogen-bond acceptors (Lipinski definition) is 4. The number of oxazole rings is 1. The molecule has 0 atom stereocenters. The molecule has 3 aromatic rings. The van der Waals surface area contributed by atoms with Crippen LogP contribution in [-0.2, 0) is 13.0 Å². The lowest BCUT2D eigenvalue weighted by atomic mass is 10.1. The number of hydrogen-bond donors (Lipinski definition) is 2. The van der Waals surface area contributed by atoms with Crippen LogP contribution in [-0.4, -0.2) is 9.97 Å². The maximum Gasteiger partial charge on any atom is 0.271 e. The first kappa shape index (κ1) is 14.3. The Kier molecular flexibility index (Phi) is 3.66. The van der Waals surface area contributed by atoms with Crippen molar-refractivity contribution in [3.63, 3.8) is 0 Å². The van der Waals surface area contributed by atoms with Gasteiger partial charge in [-0.25, -0.2) is 9.37 Å². The minimum Gasteiger partial charge on any atom is -0.436 e. The summed E-state index contributed by atoms with van der Waals surface area (Å²) in [5.74, 6) is -0.115. The van der Waals surface area contributed by atoms with Gasteiger partial charge in [0.05, 0.1) is 6.54 Å². The number of fused-ring (bicyclic) bond motifs is 1. The predicted octanol–water partition coefficient (Wildman–Crippen LogP) is 3.14. The number of aryl methyl sites for hydroxylation is 2. The molecule has 0 fully saturated rings. The molecular weight excluding hydrogens is 285 g/mol. The molecule has 1 aromatic carbocycles. The second-order valence-corrected chi connectivity index (χ2v) is 5.07. The van der Waals surface area contributed by atoms with Crippen LogP contribution >= 0.6 is 0 Å². The van der Waals surface area contributed by atoms with E-state index < -0.39 is 5.82 Å². The SMILES string of the molecule is CCc1cc(NCc2nc3cccc(F)c3o2)c(=O)[nH]c1C. The maximum atomic E-state index is 13.6. The molecule has 6 heteroatoms. The van der Waals surface area contributed by atoms with Gasteiger partial charge in [0.25, 0.3) is 5.56 Å². The van der Waals surface area contributed by atoms with E-state index in [0.29, 0.717) is 17.1 Å². The van der Waals surface area contributed by atoms with E-state index in [1.807, 2.05) is 19.9 Å². The van der Waals surface area contributed by atoms with Crippen LogP contribution < -0.4 is 10.9 Å². The van der Waals surface area contributed by atoms with Gasteiger partial charge in [-0.2, -0.15) is 0 Å². The van der Waals surface area contributed by atoms with Crippen molar-refractivity contribution in [2.45, 2.75) is 26.8 Å². The third kappa shape index (κ3) is 2.59. The molecular formula is C16H16FN3O2. The Morgan fingerprint density at radius 2 is 2.23 bits per heavy atom. The van der Waals surface area contributed by atoms with Crippen LogP contribution in [0.15, 0.2) is 33.5 Å². The summed E-state index contributed by atoms with van der Waals surface area (Å²) in [4.78, 5) is 18.9. The van der Waals surface area contributed by atoms with Crippen LogP contribution in [0.4, 0.5) is 10.1 Å². The van der Waals surface area contributed by atoms with Crippen molar-refractivity contribution in [1.82, 2.24) is 9.97 Å². The minimum absolute atomic E-state index is 0.131.